The first-order valence-electron chi connectivity index (χ1n) is 7.58. The number of hydrogen-bond acceptors (Lipinski definition) is 5. The van der Waals surface area contributed by atoms with Crippen molar-refractivity contribution in [3.05, 3.63) is 52.7 Å². The average Bonchev–Trinajstić information content (AvgIpc) is 2.93. The molecule has 1 aromatic heterocycles. The van der Waals surface area contributed by atoms with Gasteiger partial charge in [0.2, 0.25) is 5.28 Å². The van der Waals surface area contributed by atoms with Gasteiger partial charge in [-0.2, -0.15) is 12.6 Å². The summed E-state index contributed by atoms with van der Waals surface area (Å²) in [7, 11) is 0. The SMILES string of the molecule is Fc1cc(F)c(COC[C@@H]2C[C@@H](S)CN2c2ccnc(Cl)n2)cc1F. The minimum absolute atomic E-state index is 0.0315. The summed E-state index contributed by atoms with van der Waals surface area (Å²) in [5.41, 5.74) is -0.0315. The Morgan fingerprint density at radius 3 is 2.76 bits per heavy atom. The van der Waals surface area contributed by atoms with Crippen LogP contribution in [-0.4, -0.2) is 34.4 Å². The molecule has 9 heteroatoms. The fourth-order valence-electron chi connectivity index (χ4n) is 2.80. The van der Waals surface area contributed by atoms with Crippen molar-refractivity contribution < 1.29 is 17.9 Å². The molecule has 134 valence electrons. The van der Waals surface area contributed by atoms with Gasteiger partial charge in [0.25, 0.3) is 0 Å². The summed E-state index contributed by atoms with van der Waals surface area (Å²) in [5, 5.41) is 0.269. The van der Waals surface area contributed by atoms with Crippen LogP contribution >= 0.6 is 24.2 Å². The molecule has 25 heavy (non-hydrogen) atoms. The topological polar surface area (TPSA) is 38.2 Å². The van der Waals surface area contributed by atoms with Crippen molar-refractivity contribution in [2.75, 3.05) is 18.1 Å². The Morgan fingerprint density at radius 1 is 1.24 bits per heavy atom. The Labute approximate surface area is 153 Å². The van der Waals surface area contributed by atoms with Gasteiger partial charge in [-0.25, -0.2) is 23.1 Å². The van der Waals surface area contributed by atoms with Crippen molar-refractivity contribution in [2.45, 2.75) is 24.3 Å². The molecule has 4 nitrogen and oxygen atoms in total. The summed E-state index contributed by atoms with van der Waals surface area (Å²) in [4.78, 5) is 10.0. The largest absolute Gasteiger partial charge is 0.375 e. The molecule has 1 aromatic carbocycles. The molecular weight excluding hydrogens is 375 g/mol. The summed E-state index contributed by atoms with van der Waals surface area (Å²) in [6.45, 7) is 0.760. The number of nitrogens with zero attached hydrogens (tertiary/aromatic N) is 3. The van der Waals surface area contributed by atoms with Crippen LogP contribution in [0.25, 0.3) is 0 Å². The lowest BCUT2D eigenvalue weighted by atomic mass is 10.2. The van der Waals surface area contributed by atoms with E-state index in [9.17, 15) is 13.2 Å². The molecule has 2 heterocycles. The van der Waals surface area contributed by atoms with Gasteiger partial charge in [0.1, 0.15) is 11.6 Å². The van der Waals surface area contributed by atoms with Crippen molar-refractivity contribution in [1.82, 2.24) is 9.97 Å². The Hall–Kier alpha value is -1.51. The van der Waals surface area contributed by atoms with Gasteiger partial charge < -0.3 is 9.64 Å². The highest BCUT2D eigenvalue weighted by molar-refractivity contribution is 7.81. The third kappa shape index (κ3) is 4.37. The van der Waals surface area contributed by atoms with Gasteiger partial charge in [-0.1, -0.05) is 0 Å². The van der Waals surface area contributed by atoms with E-state index < -0.39 is 17.5 Å². The number of anilines is 1. The molecule has 0 saturated carbocycles. The molecule has 1 aliphatic heterocycles. The molecule has 0 amide bonds. The van der Waals surface area contributed by atoms with Crippen LogP contribution in [0.2, 0.25) is 5.28 Å². The van der Waals surface area contributed by atoms with Crippen LogP contribution in [0, 0.1) is 17.5 Å². The predicted molar refractivity (Wildman–Crippen MR) is 91.5 cm³/mol. The summed E-state index contributed by atoms with van der Waals surface area (Å²) >= 11 is 10.3. The maximum Gasteiger partial charge on any atom is 0.224 e. The summed E-state index contributed by atoms with van der Waals surface area (Å²) < 4.78 is 45.3. The second-order valence-electron chi connectivity index (χ2n) is 5.75. The molecule has 1 saturated heterocycles. The lowest BCUT2D eigenvalue weighted by molar-refractivity contribution is 0.106. The van der Waals surface area contributed by atoms with Crippen LogP contribution in [0.4, 0.5) is 19.0 Å². The van der Waals surface area contributed by atoms with Gasteiger partial charge in [0, 0.05) is 29.6 Å². The molecule has 0 N–H and O–H groups in total. The third-order valence-electron chi connectivity index (χ3n) is 3.96. The second-order valence-corrected chi connectivity index (χ2v) is 6.82. The zero-order chi connectivity index (χ0) is 18.0. The van der Waals surface area contributed by atoms with Gasteiger partial charge in [-0.05, 0) is 30.2 Å². The van der Waals surface area contributed by atoms with E-state index in [0.717, 1.165) is 12.5 Å². The maximum atomic E-state index is 13.6. The van der Waals surface area contributed by atoms with E-state index in [1.807, 2.05) is 4.90 Å². The number of halogens is 4. The smallest absolute Gasteiger partial charge is 0.224 e. The van der Waals surface area contributed by atoms with Gasteiger partial charge in [0.05, 0.1) is 19.3 Å². The highest BCUT2D eigenvalue weighted by Crippen LogP contribution is 2.27. The van der Waals surface area contributed by atoms with E-state index in [1.54, 1.807) is 12.3 Å². The van der Waals surface area contributed by atoms with Crippen LogP contribution in [0.5, 0.6) is 0 Å². The zero-order valence-corrected chi connectivity index (χ0v) is 14.7. The Kier molecular flexibility index (Phi) is 5.71. The molecule has 0 aliphatic carbocycles. The molecular formula is C16H15ClF3N3OS. The molecule has 0 radical (unpaired) electrons. The van der Waals surface area contributed by atoms with Gasteiger partial charge in [-0.3, -0.25) is 0 Å². The average molecular weight is 390 g/mol. The maximum absolute atomic E-state index is 13.6. The number of thiol groups is 1. The third-order valence-corrected chi connectivity index (χ3v) is 4.51. The van der Waals surface area contributed by atoms with Crippen molar-refractivity contribution in [3.63, 3.8) is 0 Å². The minimum Gasteiger partial charge on any atom is -0.375 e. The first kappa shape index (κ1) is 18.3. The normalized spacial score (nSPS) is 20.3. The summed E-state index contributed by atoms with van der Waals surface area (Å²) in [5.74, 6) is -2.50. The van der Waals surface area contributed by atoms with Crippen LogP contribution in [0.3, 0.4) is 0 Å². The lowest BCUT2D eigenvalue weighted by Crippen LogP contribution is -2.34. The first-order valence-corrected chi connectivity index (χ1v) is 8.48. The fraction of sp³-hybridized carbons (Fsp3) is 0.375. The number of hydrogen-bond donors (Lipinski definition) is 1. The van der Waals surface area contributed by atoms with Crippen LogP contribution < -0.4 is 4.90 Å². The molecule has 1 aliphatic rings. The number of ether oxygens (including phenoxy) is 1. The van der Waals surface area contributed by atoms with Crippen molar-refractivity contribution in [3.8, 4) is 0 Å². The lowest BCUT2D eigenvalue weighted by Gasteiger charge is -2.25. The van der Waals surface area contributed by atoms with E-state index in [1.165, 1.54) is 0 Å². The first-order chi connectivity index (χ1) is 11.9. The second kappa shape index (κ2) is 7.80. The summed E-state index contributed by atoms with van der Waals surface area (Å²) in [6.07, 6.45) is 2.30. The Morgan fingerprint density at radius 2 is 2.00 bits per heavy atom. The Balaban J connectivity index is 1.64. The quantitative estimate of drug-likeness (QED) is 0.481. The van der Waals surface area contributed by atoms with E-state index in [-0.39, 0.29) is 35.4 Å². The molecule has 0 bridgehead atoms. The number of rotatable bonds is 5. The Bertz CT molecular complexity index is 767. The minimum atomic E-state index is -1.22. The fourth-order valence-corrected chi connectivity index (χ4v) is 3.36. The molecule has 0 unspecified atom stereocenters. The summed E-state index contributed by atoms with van der Waals surface area (Å²) in [6, 6.07) is 3.02. The van der Waals surface area contributed by atoms with E-state index >= 15 is 0 Å². The van der Waals surface area contributed by atoms with Gasteiger partial charge in [-0.15, -0.1) is 0 Å². The van der Waals surface area contributed by atoms with Crippen molar-refractivity contribution in [1.29, 1.82) is 0 Å². The number of aromatic nitrogens is 2. The number of benzene rings is 1. The molecule has 2 atom stereocenters. The van der Waals surface area contributed by atoms with E-state index in [4.69, 9.17) is 16.3 Å². The van der Waals surface area contributed by atoms with Crippen LogP contribution in [0.1, 0.15) is 12.0 Å². The predicted octanol–water partition coefficient (Wildman–Crippen LogP) is 3.64. The zero-order valence-electron chi connectivity index (χ0n) is 13.0. The van der Waals surface area contributed by atoms with Gasteiger partial charge >= 0.3 is 0 Å². The highest BCUT2D eigenvalue weighted by atomic mass is 35.5. The van der Waals surface area contributed by atoms with Gasteiger partial charge in [0.15, 0.2) is 11.6 Å². The highest BCUT2D eigenvalue weighted by Gasteiger charge is 2.31. The standard InChI is InChI=1S/C16H15ClF3N3OS/c17-16-21-2-1-15(22-16)23-6-11(25)4-10(23)8-24-7-9-3-13(19)14(20)5-12(9)18/h1-3,5,10-11,25H,4,6-8H2/t10-,11+/m0/s1. The molecule has 3 rings (SSSR count). The van der Waals surface area contributed by atoms with Crippen LogP contribution in [0.15, 0.2) is 24.4 Å². The molecule has 1 fully saturated rings. The van der Waals surface area contributed by atoms with E-state index in [2.05, 4.69) is 22.6 Å². The van der Waals surface area contributed by atoms with Crippen molar-refractivity contribution >= 4 is 30.0 Å². The monoisotopic (exact) mass is 389 g/mol. The van der Waals surface area contributed by atoms with Crippen LogP contribution in [-0.2, 0) is 11.3 Å². The molecule has 0 spiro atoms. The van der Waals surface area contributed by atoms with Crippen molar-refractivity contribution in [2.24, 2.45) is 0 Å². The molecule has 2 aromatic rings. The van der Waals surface area contributed by atoms with E-state index in [0.29, 0.717) is 18.4 Å².